The Labute approximate surface area is 195 Å². The Morgan fingerprint density at radius 2 is 1.84 bits per heavy atom. The van der Waals surface area contributed by atoms with Crippen molar-refractivity contribution >= 4 is 27.5 Å². The summed E-state index contributed by atoms with van der Waals surface area (Å²) >= 11 is 6.24. The minimum atomic E-state index is -3.64. The summed E-state index contributed by atoms with van der Waals surface area (Å²) in [5.41, 5.74) is 1.23. The Morgan fingerprint density at radius 1 is 1.12 bits per heavy atom. The van der Waals surface area contributed by atoms with E-state index >= 15 is 0 Å². The molecule has 0 saturated heterocycles. The largest absolute Gasteiger partial charge is 0.482 e. The van der Waals surface area contributed by atoms with Crippen LogP contribution in [0.4, 0.5) is 0 Å². The molecule has 2 aromatic carbocycles. The number of carbonyl (C=O) groups is 1. The van der Waals surface area contributed by atoms with E-state index in [1.165, 1.54) is 23.8 Å². The molecule has 0 bridgehead atoms. The van der Waals surface area contributed by atoms with E-state index in [1.54, 1.807) is 0 Å². The second-order valence-electron chi connectivity index (χ2n) is 8.33. The number of amides is 1. The highest BCUT2D eigenvalue weighted by Gasteiger charge is 2.22. The Morgan fingerprint density at radius 3 is 2.53 bits per heavy atom. The number of rotatable bonds is 10. The zero-order chi connectivity index (χ0) is 23.0. The lowest BCUT2D eigenvalue weighted by Crippen LogP contribution is -2.36. The van der Waals surface area contributed by atoms with E-state index in [4.69, 9.17) is 16.3 Å². The molecule has 2 N–H and O–H groups in total. The maximum atomic E-state index is 12.6. The molecular weight excluding hydrogens is 448 g/mol. The minimum absolute atomic E-state index is 0.000147. The van der Waals surface area contributed by atoms with Crippen LogP contribution in [-0.2, 0) is 21.2 Å². The maximum absolute atomic E-state index is 12.6. The molecule has 0 spiro atoms. The molecule has 0 aliphatic heterocycles. The van der Waals surface area contributed by atoms with Crippen molar-refractivity contribution in [2.75, 3.05) is 6.61 Å². The third-order valence-corrected chi connectivity index (χ3v) is 7.43. The molecule has 174 valence electrons. The van der Waals surface area contributed by atoms with Crippen LogP contribution in [0, 0.1) is 0 Å². The van der Waals surface area contributed by atoms with Crippen LogP contribution in [0.25, 0.3) is 0 Å². The standard InChI is InChI=1S/C24H31ClN2O4S/c1-18(12-13-19-8-4-2-5-9-19)26-24(28)17-31-23-15-14-21(16-22(23)25)32(29,30)27-20-10-6-3-7-11-20/h2,4-5,8-9,14-16,18,20,27H,3,6-7,10-13,17H2,1H3,(H,26,28)/t18-/m0/s1. The van der Waals surface area contributed by atoms with Gasteiger partial charge in [0.1, 0.15) is 5.75 Å². The van der Waals surface area contributed by atoms with Crippen molar-refractivity contribution in [3.05, 3.63) is 59.1 Å². The van der Waals surface area contributed by atoms with Crippen LogP contribution in [-0.4, -0.2) is 33.0 Å². The zero-order valence-corrected chi connectivity index (χ0v) is 19.9. The fourth-order valence-corrected chi connectivity index (χ4v) is 5.46. The number of hydrogen-bond acceptors (Lipinski definition) is 4. The fraction of sp³-hybridized carbons (Fsp3) is 0.458. The molecule has 0 aromatic heterocycles. The van der Waals surface area contributed by atoms with Crippen LogP contribution >= 0.6 is 11.6 Å². The highest BCUT2D eigenvalue weighted by atomic mass is 35.5. The van der Waals surface area contributed by atoms with Gasteiger partial charge in [0.25, 0.3) is 5.91 Å². The van der Waals surface area contributed by atoms with Gasteiger partial charge in [0, 0.05) is 12.1 Å². The summed E-state index contributed by atoms with van der Waals surface area (Å²) in [5, 5.41) is 3.06. The summed E-state index contributed by atoms with van der Waals surface area (Å²) < 4.78 is 33.6. The number of sulfonamides is 1. The zero-order valence-electron chi connectivity index (χ0n) is 18.3. The van der Waals surface area contributed by atoms with Gasteiger partial charge < -0.3 is 10.1 Å². The first-order valence-electron chi connectivity index (χ1n) is 11.1. The van der Waals surface area contributed by atoms with Crippen molar-refractivity contribution in [2.45, 2.75) is 68.8 Å². The van der Waals surface area contributed by atoms with Gasteiger partial charge in [-0.25, -0.2) is 13.1 Å². The molecule has 0 radical (unpaired) electrons. The van der Waals surface area contributed by atoms with Gasteiger partial charge in [-0.3, -0.25) is 4.79 Å². The maximum Gasteiger partial charge on any atom is 0.258 e. The van der Waals surface area contributed by atoms with Crippen LogP contribution in [0.3, 0.4) is 0 Å². The highest BCUT2D eigenvalue weighted by molar-refractivity contribution is 7.89. The van der Waals surface area contributed by atoms with E-state index in [-0.39, 0.29) is 40.3 Å². The third-order valence-electron chi connectivity index (χ3n) is 5.62. The lowest BCUT2D eigenvalue weighted by atomic mass is 9.96. The van der Waals surface area contributed by atoms with Crippen molar-refractivity contribution in [2.24, 2.45) is 0 Å². The smallest absolute Gasteiger partial charge is 0.258 e. The highest BCUT2D eigenvalue weighted by Crippen LogP contribution is 2.28. The van der Waals surface area contributed by atoms with Crippen LogP contribution in [0.2, 0.25) is 5.02 Å². The number of nitrogens with one attached hydrogen (secondary N) is 2. The van der Waals surface area contributed by atoms with Crippen LogP contribution in [0.15, 0.2) is 53.4 Å². The molecule has 0 unspecified atom stereocenters. The van der Waals surface area contributed by atoms with E-state index in [0.717, 1.165) is 44.9 Å². The first kappa shape index (κ1) is 24.6. The second kappa shape index (κ2) is 11.7. The van der Waals surface area contributed by atoms with Crippen LogP contribution in [0.5, 0.6) is 5.75 Å². The number of hydrogen-bond donors (Lipinski definition) is 2. The molecule has 1 atom stereocenters. The monoisotopic (exact) mass is 478 g/mol. The summed E-state index contributed by atoms with van der Waals surface area (Å²) in [6, 6.07) is 14.4. The van der Waals surface area contributed by atoms with Crippen LogP contribution < -0.4 is 14.8 Å². The van der Waals surface area contributed by atoms with Gasteiger partial charge >= 0.3 is 0 Å². The molecule has 1 amide bonds. The fourth-order valence-electron chi connectivity index (χ4n) is 3.83. The number of benzene rings is 2. The predicted molar refractivity (Wildman–Crippen MR) is 127 cm³/mol. The van der Waals surface area contributed by atoms with Crippen molar-refractivity contribution in [3.8, 4) is 5.75 Å². The van der Waals surface area contributed by atoms with E-state index in [0.29, 0.717) is 0 Å². The van der Waals surface area contributed by atoms with Crippen molar-refractivity contribution in [3.63, 3.8) is 0 Å². The molecule has 1 saturated carbocycles. The van der Waals surface area contributed by atoms with Gasteiger partial charge in [-0.05, 0) is 56.4 Å². The average Bonchev–Trinajstić information content (AvgIpc) is 2.78. The Balaban J connectivity index is 1.48. The summed E-state index contributed by atoms with van der Waals surface area (Å²) in [6.45, 7) is 1.76. The van der Waals surface area contributed by atoms with Gasteiger partial charge in [0.15, 0.2) is 6.61 Å². The lowest BCUT2D eigenvalue weighted by Gasteiger charge is -2.22. The quantitative estimate of drug-likeness (QED) is 0.527. The minimum Gasteiger partial charge on any atom is -0.482 e. The molecule has 1 fully saturated rings. The normalized spacial score (nSPS) is 15.8. The summed E-state index contributed by atoms with van der Waals surface area (Å²) in [5.74, 6) is 0.0210. The Bertz CT molecular complexity index is 992. The molecular formula is C24H31ClN2O4S. The molecule has 6 nitrogen and oxygen atoms in total. The number of carbonyl (C=O) groups excluding carboxylic acids is 1. The van der Waals surface area contributed by atoms with Crippen molar-refractivity contribution in [1.29, 1.82) is 0 Å². The topological polar surface area (TPSA) is 84.5 Å². The van der Waals surface area contributed by atoms with Crippen molar-refractivity contribution < 1.29 is 17.9 Å². The van der Waals surface area contributed by atoms with Gasteiger partial charge in [0.05, 0.1) is 9.92 Å². The predicted octanol–water partition coefficient (Wildman–Crippen LogP) is 4.47. The van der Waals surface area contributed by atoms with Crippen LogP contribution in [0.1, 0.15) is 51.0 Å². The Kier molecular flexibility index (Phi) is 8.96. The molecule has 3 rings (SSSR count). The molecule has 8 heteroatoms. The van der Waals surface area contributed by atoms with Gasteiger partial charge in [0.2, 0.25) is 10.0 Å². The SMILES string of the molecule is C[C@@H](CCc1ccccc1)NC(=O)COc1ccc(S(=O)(=O)NC2CCCCC2)cc1Cl. The first-order valence-corrected chi connectivity index (χ1v) is 13.0. The first-order chi connectivity index (χ1) is 15.3. The lowest BCUT2D eigenvalue weighted by molar-refractivity contribution is -0.123. The second-order valence-corrected chi connectivity index (χ2v) is 10.5. The molecule has 1 aliphatic carbocycles. The summed E-state index contributed by atoms with van der Waals surface area (Å²) in [4.78, 5) is 12.3. The van der Waals surface area contributed by atoms with Gasteiger partial charge in [-0.1, -0.05) is 61.2 Å². The third kappa shape index (κ3) is 7.50. The number of halogens is 1. The van der Waals surface area contributed by atoms with E-state index < -0.39 is 10.0 Å². The molecule has 0 heterocycles. The van der Waals surface area contributed by atoms with E-state index in [2.05, 4.69) is 22.2 Å². The molecule has 1 aliphatic rings. The Hall–Kier alpha value is -2.09. The number of ether oxygens (including phenoxy) is 1. The van der Waals surface area contributed by atoms with E-state index in [9.17, 15) is 13.2 Å². The van der Waals surface area contributed by atoms with E-state index in [1.807, 2.05) is 25.1 Å². The number of aryl methyl sites for hydroxylation is 1. The average molecular weight is 479 g/mol. The summed E-state index contributed by atoms with van der Waals surface area (Å²) in [7, 11) is -3.64. The molecule has 2 aromatic rings. The van der Waals surface area contributed by atoms with Gasteiger partial charge in [-0.15, -0.1) is 0 Å². The molecule has 32 heavy (non-hydrogen) atoms. The summed E-state index contributed by atoms with van der Waals surface area (Å²) in [6.07, 6.45) is 6.62. The van der Waals surface area contributed by atoms with Gasteiger partial charge in [-0.2, -0.15) is 0 Å². The van der Waals surface area contributed by atoms with Crippen molar-refractivity contribution in [1.82, 2.24) is 10.0 Å².